The second kappa shape index (κ2) is 10.5. The molecule has 0 aliphatic heterocycles. The Morgan fingerprint density at radius 1 is 1.00 bits per heavy atom. The average Bonchev–Trinajstić information content (AvgIpc) is 2.61. The summed E-state index contributed by atoms with van der Waals surface area (Å²) in [7, 11) is 1.64. The number of hydrogen-bond acceptors (Lipinski definition) is 3. The molecule has 0 unspecified atom stereocenters. The predicted molar refractivity (Wildman–Crippen MR) is 105 cm³/mol. The zero-order valence-electron chi connectivity index (χ0n) is 14.8. The zero-order chi connectivity index (χ0) is 18.1. The minimum atomic E-state index is 0.295. The first kappa shape index (κ1) is 19.9. The van der Waals surface area contributed by atoms with Gasteiger partial charge in [-0.1, -0.05) is 55.1 Å². The third-order valence-corrected chi connectivity index (χ3v) is 4.66. The molecule has 1 N–H and O–H groups in total. The topological polar surface area (TPSA) is 30.5 Å². The van der Waals surface area contributed by atoms with Crippen LogP contribution in [0.1, 0.15) is 37.3 Å². The maximum absolute atomic E-state index is 6.18. The number of nitrogens with one attached hydrogen (secondary N) is 1. The molecule has 2 aromatic rings. The smallest absolute Gasteiger partial charge is 0.161 e. The summed E-state index contributed by atoms with van der Waals surface area (Å²) in [6.07, 6.45) is 3.69. The van der Waals surface area contributed by atoms with Gasteiger partial charge in [-0.15, -0.1) is 0 Å². The molecule has 0 aromatic heterocycles. The van der Waals surface area contributed by atoms with Crippen LogP contribution in [-0.4, -0.2) is 13.7 Å². The maximum Gasteiger partial charge on any atom is 0.161 e. The highest BCUT2D eigenvalue weighted by Crippen LogP contribution is 2.31. The molecule has 0 spiro atoms. The molecule has 0 saturated heterocycles. The van der Waals surface area contributed by atoms with Crippen molar-refractivity contribution in [1.29, 1.82) is 0 Å². The van der Waals surface area contributed by atoms with E-state index >= 15 is 0 Å². The Morgan fingerprint density at radius 2 is 1.76 bits per heavy atom. The van der Waals surface area contributed by atoms with Gasteiger partial charge in [0.2, 0.25) is 0 Å². The highest BCUT2D eigenvalue weighted by molar-refractivity contribution is 6.35. The monoisotopic (exact) mass is 381 g/mol. The van der Waals surface area contributed by atoms with Crippen molar-refractivity contribution in [3.05, 3.63) is 57.6 Å². The molecule has 5 heteroatoms. The molecule has 3 nitrogen and oxygen atoms in total. The van der Waals surface area contributed by atoms with E-state index in [4.69, 9.17) is 32.7 Å². The van der Waals surface area contributed by atoms with Crippen LogP contribution in [0.4, 0.5) is 0 Å². The van der Waals surface area contributed by atoms with Gasteiger partial charge in [0.1, 0.15) is 6.61 Å². The highest BCUT2D eigenvalue weighted by atomic mass is 35.5. The molecule has 0 bridgehead atoms. The van der Waals surface area contributed by atoms with Crippen molar-refractivity contribution in [2.45, 2.75) is 39.3 Å². The van der Waals surface area contributed by atoms with E-state index < -0.39 is 0 Å². The highest BCUT2D eigenvalue weighted by Gasteiger charge is 2.10. The van der Waals surface area contributed by atoms with Gasteiger partial charge in [0.15, 0.2) is 11.5 Å². The molecule has 0 saturated carbocycles. The molecule has 0 atom stereocenters. The molecule has 25 heavy (non-hydrogen) atoms. The fraction of sp³-hybridized carbons (Fsp3) is 0.400. The van der Waals surface area contributed by atoms with E-state index in [1.807, 2.05) is 24.3 Å². The fourth-order valence-electron chi connectivity index (χ4n) is 2.49. The summed E-state index contributed by atoms with van der Waals surface area (Å²) >= 11 is 12.4. The van der Waals surface area contributed by atoms with Crippen LogP contribution < -0.4 is 14.8 Å². The first-order valence-corrected chi connectivity index (χ1v) is 9.34. The summed E-state index contributed by atoms with van der Waals surface area (Å²) in [5.74, 6) is 1.38. The third kappa shape index (κ3) is 6.10. The number of methoxy groups -OCH3 is 1. The third-order valence-electron chi connectivity index (χ3n) is 3.95. The lowest BCUT2D eigenvalue weighted by atomic mass is 10.2. The number of unbranched alkanes of at least 4 members (excludes halogenated alkanes) is 2. The zero-order valence-corrected chi connectivity index (χ0v) is 16.3. The van der Waals surface area contributed by atoms with Crippen molar-refractivity contribution in [3.8, 4) is 11.5 Å². The van der Waals surface area contributed by atoms with Crippen LogP contribution in [0, 0.1) is 0 Å². The van der Waals surface area contributed by atoms with E-state index in [1.54, 1.807) is 19.2 Å². The Bertz CT molecular complexity index is 656. The normalized spacial score (nSPS) is 10.7. The van der Waals surface area contributed by atoms with E-state index in [0.29, 0.717) is 28.2 Å². The van der Waals surface area contributed by atoms with E-state index in [9.17, 15) is 0 Å². The van der Waals surface area contributed by atoms with Crippen LogP contribution >= 0.6 is 23.2 Å². The summed E-state index contributed by atoms with van der Waals surface area (Å²) < 4.78 is 11.3. The molecule has 0 aliphatic rings. The minimum Gasteiger partial charge on any atom is -0.493 e. The van der Waals surface area contributed by atoms with Crippen LogP contribution in [0.15, 0.2) is 36.4 Å². The van der Waals surface area contributed by atoms with Crippen LogP contribution in [-0.2, 0) is 13.2 Å². The Kier molecular flexibility index (Phi) is 8.39. The van der Waals surface area contributed by atoms with Crippen molar-refractivity contribution in [2.24, 2.45) is 0 Å². The van der Waals surface area contributed by atoms with E-state index in [2.05, 4.69) is 12.2 Å². The molecule has 0 radical (unpaired) electrons. The van der Waals surface area contributed by atoms with Gasteiger partial charge in [-0.3, -0.25) is 0 Å². The number of halogens is 2. The first-order valence-electron chi connectivity index (χ1n) is 8.59. The summed E-state index contributed by atoms with van der Waals surface area (Å²) in [6, 6.07) is 11.4. The average molecular weight is 382 g/mol. The summed E-state index contributed by atoms with van der Waals surface area (Å²) in [4.78, 5) is 0. The second-order valence-electron chi connectivity index (χ2n) is 5.86. The van der Waals surface area contributed by atoms with Crippen molar-refractivity contribution >= 4 is 23.2 Å². The standard InChI is InChI=1S/C20H25Cl2NO2/c1-3-4-5-11-23-13-15-9-10-19(20(12-15)24-2)25-14-16-17(21)7-6-8-18(16)22/h6-10,12,23H,3-5,11,13-14H2,1-2H3. The second-order valence-corrected chi connectivity index (χ2v) is 6.67. The Labute approximate surface area is 160 Å². The number of rotatable bonds is 10. The van der Waals surface area contributed by atoms with Crippen molar-refractivity contribution in [3.63, 3.8) is 0 Å². The minimum absolute atomic E-state index is 0.295. The van der Waals surface area contributed by atoms with Gasteiger partial charge in [0, 0.05) is 22.2 Å². The lowest BCUT2D eigenvalue weighted by Crippen LogP contribution is -2.14. The fourth-order valence-corrected chi connectivity index (χ4v) is 3.00. The lowest BCUT2D eigenvalue weighted by molar-refractivity contribution is 0.284. The van der Waals surface area contributed by atoms with Crippen molar-refractivity contribution < 1.29 is 9.47 Å². The van der Waals surface area contributed by atoms with Crippen molar-refractivity contribution in [2.75, 3.05) is 13.7 Å². The van der Waals surface area contributed by atoms with Gasteiger partial charge in [0.25, 0.3) is 0 Å². The number of ether oxygens (including phenoxy) is 2. The summed E-state index contributed by atoms with van der Waals surface area (Å²) in [5.41, 5.74) is 1.94. The molecule has 0 amide bonds. The molecule has 2 aromatic carbocycles. The van der Waals surface area contributed by atoms with E-state index in [-0.39, 0.29) is 0 Å². The Morgan fingerprint density at radius 3 is 2.44 bits per heavy atom. The van der Waals surface area contributed by atoms with Crippen molar-refractivity contribution in [1.82, 2.24) is 5.32 Å². The van der Waals surface area contributed by atoms with E-state index in [1.165, 1.54) is 19.3 Å². The van der Waals surface area contributed by atoms with Crippen LogP contribution in [0.5, 0.6) is 11.5 Å². The quantitative estimate of drug-likeness (QED) is 0.522. The maximum atomic E-state index is 6.18. The molecule has 0 heterocycles. The molecule has 136 valence electrons. The van der Waals surface area contributed by atoms with Crippen LogP contribution in [0.2, 0.25) is 10.0 Å². The van der Waals surface area contributed by atoms with Gasteiger partial charge in [0.05, 0.1) is 7.11 Å². The van der Waals surface area contributed by atoms with Gasteiger partial charge < -0.3 is 14.8 Å². The van der Waals surface area contributed by atoms with Gasteiger partial charge >= 0.3 is 0 Å². The molecule has 0 fully saturated rings. The van der Waals surface area contributed by atoms with Crippen LogP contribution in [0.3, 0.4) is 0 Å². The van der Waals surface area contributed by atoms with Crippen LogP contribution in [0.25, 0.3) is 0 Å². The summed E-state index contributed by atoms with van der Waals surface area (Å²) in [5, 5.41) is 4.64. The van der Waals surface area contributed by atoms with E-state index in [0.717, 1.165) is 24.2 Å². The van der Waals surface area contributed by atoms with Gasteiger partial charge in [-0.05, 0) is 42.8 Å². The molecular weight excluding hydrogens is 357 g/mol. The SMILES string of the molecule is CCCCCNCc1ccc(OCc2c(Cl)cccc2Cl)c(OC)c1. The Hall–Kier alpha value is -1.42. The Balaban J connectivity index is 1.97. The summed E-state index contributed by atoms with van der Waals surface area (Å²) in [6.45, 7) is 4.35. The number of hydrogen-bond donors (Lipinski definition) is 1. The predicted octanol–water partition coefficient (Wildman–Crippen LogP) is 5.86. The van der Waals surface area contributed by atoms with Gasteiger partial charge in [-0.2, -0.15) is 0 Å². The number of benzene rings is 2. The molecule has 0 aliphatic carbocycles. The largest absolute Gasteiger partial charge is 0.493 e. The molecular formula is C20H25Cl2NO2. The lowest BCUT2D eigenvalue weighted by Gasteiger charge is -2.14. The molecule has 2 rings (SSSR count). The van der Waals surface area contributed by atoms with Gasteiger partial charge in [-0.25, -0.2) is 0 Å². The first-order chi connectivity index (χ1) is 12.2.